The minimum Gasteiger partial charge on any atom is -0.349 e. The third-order valence-electron chi connectivity index (χ3n) is 5.86. The van der Waals surface area contributed by atoms with Crippen LogP contribution in [0, 0.1) is 0 Å². The van der Waals surface area contributed by atoms with Gasteiger partial charge in [0.1, 0.15) is 5.82 Å². The van der Waals surface area contributed by atoms with Gasteiger partial charge in [-0.05, 0) is 46.5 Å². The lowest BCUT2D eigenvalue weighted by Crippen LogP contribution is -2.26. The summed E-state index contributed by atoms with van der Waals surface area (Å²) in [7, 11) is 0. The second-order valence-corrected chi connectivity index (χ2v) is 8.68. The van der Waals surface area contributed by atoms with Crippen molar-refractivity contribution in [3.8, 4) is 11.1 Å². The Kier molecular flexibility index (Phi) is 6.41. The van der Waals surface area contributed by atoms with E-state index in [0.717, 1.165) is 39.1 Å². The predicted octanol–water partition coefficient (Wildman–Crippen LogP) is 6.26. The third-order valence-corrected chi connectivity index (χ3v) is 6.11. The number of aromatic nitrogens is 2. The molecule has 1 amide bonds. The molecule has 0 radical (unpaired) electrons. The molecule has 1 N–H and O–H groups in total. The summed E-state index contributed by atoms with van der Waals surface area (Å²) in [4.78, 5) is 17.5. The normalized spacial score (nSPS) is 11.0. The van der Waals surface area contributed by atoms with Crippen LogP contribution in [0.1, 0.15) is 17.0 Å². The van der Waals surface area contributed by atoms with Gasteiger partial charge in [-0.2, -0.15) is 0 Å². The lowest BCUT2D eigenvalue weighted by atomic mass is 10.0. The lowest BCUT2D eigenvalue weighted by molar-refractivity contribution is -0.120. The third kappa shape index (κ3) is 5.03. The molecule has 0 spiro atoms. The van der Waals surface area contributed by atoms with Crippen molar-refractivity contribution in [1.82, 2.24) is 14.9 Å². The van der Waals surface area contributed by atoms with Crippen molar-refractivity contribution >= 4 is 28.5 Å². The van der Waals surface area contributed by atoms with E-state index in [1.165, 1.54) is 0 Å². The van der Waals surface area contributed by atoms with Gasteiger partial charge in [-0.15, -0.1) is 0 Å². The summed E-state index contributed by atoms with van der Waals surface area (Å²) in [6.07, 6.45) is 0.326. The van der Waals surface area contributed by atoms with E-state index in [1.54, 1.807) is 0 Å². The molecule has 1 aromatic heterocycles. The molecule has 1 heterocycles. The van der Waals surface area contributed by atoms with Gasteiger partial charge in [0.25, 0.3) is 0 Å². The van der Waals surface area contributed by atoms with Gasteiger partial charge in [0, 0.05) is 11.6 Å². The number of amides is 1. The molecular formula is C29H24ClN3O. The molecule has 0 saturated heterocycles. The number of carbonyl (C=O) groups is 1. The Morgan fingerprint density at radius 3 is 2.18 bits per heavy atom. The molecule has 0 saturated carbocycles. The first-order valence-electron chi connectivity index (χ1n) is 11.3. The van der Waals surface area contributed by atoms with Gasteiger partial charge in [-0.3, -0.25) is 4.79 Å². The van der Waals surface area contributed by atoms with Gasteiger partial charge >= 0.3 is 0 Å². The summed E-state index contributed by atoms with van der Waals surface area (Å²) in [5.74, 6) is 0.793. The number of nitrogens with zero attached hydrogens (tertiary/aromatic N) is 2. The van der Waals surface area contributed by atoms with E-state index < -0.39 is 0 Å². The molecule has 4 aromatic carbocycles. The highest BCUT2D eigenvalue weighted by Gasteiger charge is 2.12. The average Bonchev–Trinajstić information content (AvgIpc) is 3.22. The van der Waals surface area contributed by atoms with Gasteiger partial charge in [-0.1, -0.05) is 90.5 Å². The van der Waals surface area contributed by atoms with Crippen LogP contribution in [0.5, 0.6) is 0 Å². The van der Waals surface area contributed by atoms with Gasteiger partial charge in [0.05, 0.1) is 24.0 Å². The Labute approximate surface area is 203 Å². The number of imidazole rings is 1. The van der Waals surface area contributed by atoms with E-state index in [4.69, 9.17) is 16.6 Å². The molecule has 0 aliphatic carbocycles. The van der Waals surface area contributed by atoms with Crippen LogP contribution in [-0.4, -0.2) is 15.5 Å². The van der Waals surface area contributed by atoms with Crippen LogP contribution in [0.4, 0.5) is 0 Å². The number of hydrogen-bond acceptors (Lipinski definition) is 2. The van der Waals surface area contributed by atoms with E-state index in [9.17, 15) is 4.79 Å². The minimum absolute atomic E-state index is 0.0300. The van der Waals surface area contributed by atoms with Crippen LogP contribution in [0.25, 0.3) is 22.2 Å². The number of para-hydroxylation sites is 2. The molecule has 34 heavy (non-hydrogen) atoms. The molecule has 0 fully saturated rings. The molecule has 4 nitrogen and oxygen atoms in total. The zero-order valence-corrected chi connectivity index (χ0v) is 19.4. The number of benzene rings is 4. The van der Waals surface area contributed by atoms with E-state index in [-0.39, 0.29) is 5.91 Å². The summed E-state index contributed by atoms with van der Waals surface area (Å²) in [5.41, 5.74) is 6.36. The molecule has 0 atom stereocenters. The van der Waals surface area contributed by atoms with Crippen molar-refractivity contribution < 1.29 is 4.79 Å². The number of fused-ring (bicyclic) bond motifs is 1. The second-order valence-electron chi connectivity index (χ2n) is 8.25. The number of hydrogen-bond donors (Lipinski definition) is 1. The quantitative estimate of drug-likeness (QED) is 0.308. The van der Waals surface area contributed by atoms with Crippen LogP contribution >= 0.6 is 11.6 Å². The Bertz CT molecular complexity index is 1410. The second kappa shape index (κ2) is 9.94. The van der Waals surface area contributed by atoms with Gasteiger partial charge < -0.3 is 9.88 Å². The van der Waals surface area contributed by atoms with Crippen LogP contribution in [0.3, 0.4) is 0 Å². The smallest absolute Gasteiger partial charge is 0.224 e. The molecular weight excluding hydrogens is 442 g/mol. The zero-order valence-electron chi connectivity index (χ0n) is 18.6. The maximum atomic E-state index is 12.7. The number of halogens is 1. The maximum Gasteiger partial charge on any atom is 0.224 e. The molecule has 5 heteroatoms. The lowest BCUT2D eigenvalue weighted by Gasteiger charge is -2.11. The zero-order chi connectivity index (χ0) is 23.3. The number of rotatable bonds is 7. The molecule has 5 rings (SSSR count). The van der Waals surface area contributed by atoms with Crippen LogP contribution in [-0.2, 0) is 24.3 Å². The Morgan fingerprint density at radius 2 is 1.41 bits per heavy atom. The topological polar surface area (TPSA) is 46.9 Å². The summed E-state index contributed by atoms with van der Waals surface area (Å²) >= 11 is 6.04. The average molecular weight is 466 g/mol. The van der Waals surface area contributed by atoms with Crippen LogP contribution in [0.2, 0.25) is 5.02 Å². The number of nitrogens with one attached hydrogen (secondary N) is 1. The first-order chi connectivity index (χ1) is 16.7. The molecule has 168 valence electrons. The Morgan fingerprint density at radius 1 is 0.765 bits per heavy atom. The van der Waals surface area contributed by atoms with Gasteiger partial charge in [0.15, 0.2) is 0 Å². The van der Waals surface area contributed by atoms with E-state index in [1.807, 2.05) is 72.8 Å². The predicted molar refractivity (Wildman–Crippen MR) is 138 cm³/mol. The standard InChI is InChI=1S/C29H24ClN3O/c30-25-16-12-22(13-17-25)20-33-27-9-5-4-8-26(27)32-28(33)19-31-29(34)18-21-10-14-24(15-11-21)23-6-2-1-3-7-23/h1-17H,18-20H2,(H,31,34). The fraction of sp³-hybridized carbons (Fsp3) is 0.103. The van der Waals surface area contributed by atoms with Crippen molar-refractivity contribution in [2.24, 2.45) is 0 Å². The van der Waals surface area contributed by atoms with Crippen molar-refractivity contribution in [2.45, 2.75) is 19.5 Å². The molecule has 0 aliphatic heterocycles. The fourth-order valence-corrected chi connectivity index (χ4v) is 4.21. The highest BCUT2D eigenvalue weighted by molar-refractivity contribution is 6.30. The first-order valence-corrected chi connectivity index (χ1v) is 11.6. The fourth-order valence-electron chi connectivity index (χ4n) is 4.08. The Hall–Kier alpha value is -3.89. The molecule has 0 unspecified atom stereocenters. The van der Waals surface area contributed by atoms with Crippen molar-refractivity contribution in [3.63, 3.8) is 0 Å². The van der Waals surface area contributed by atoms with E-state index in [2.05, 4.69) is 40.2 Å². The summed E-state index contributed by atoms with van der Waals surface area (Å²) in [6.45, 7) is 1.02. The van der Waals surface area contributed by atoms with Gasteiger partial charge in [-0.25, -0.2) is 4.98 Å². The largest absolute Gasteiger partial charge is 0.349 e. The summed E-state index contributed by atoms with van der Waals surface area (Å²) in [6, 6.07) is 34.2. The van der Waals surface area contributed by atoms with E-state index in [0.29, 0.717) is 24.5 Å². The van der Waals surface area contributed by atoms with Crippen molar-refractivity contribution in [2.75, 3.05) is 0 Å². The molecule has 0 aliphatic rings. The molecule has 5 aromatic rings. The van der Waals surface area contributed by atoms with E-state index >= 15 is 0 Å². The van der Waals surface area contributed by atoms with Crippen molar-refractivity contribution in [1.29, 1.82) is 0 Å². The minimum atomic E-state index is -0.0300. The maximum absolute atomic E-state index is 12.7. The van der Waals surface area contributed by atoms with Crippen LogP contribution in [0.15, 0.2) is 103 Å². The summed E-state index contributed by atoms with van der Waals surface area (Å²) in [5, 5.41) is 3.76. The first kappa shape index (κ1) is 21.9. The summed E-state index contributed by atoms with van der Waals surface area (Å²) < 4.78 is 2.15. The molecule has 0 bridgehead atoms. The van der Waals surface area contributed by atoms with Crippen LogP contribution < -0.4 is 5.32 Å². The SMILES string of the molecule is O=C(Cc1ccc(-c2ccccc2)cc1)NCc1nc2ccccc2n1Cc1ccc(Cl)cc1. The number of carbonyl (C=O) groups excluding carboxylic acids is 1. The Balaban J connectivity index is 1.28. The highest BCUT2D eigenvalue weighted by Crippen LogP contribution is 2.21. The van der Waals surface area contributed by atoms with Crippen molar-refractivity contribution in [3.05, 3.63) is 125 Å². The monoisotopic (exact) mass is 465 g/mol. The van der Waals surface area contributed by atoms with Gasteiger partial charge in [0.2, 0.25) is 5.91 Å². The highest BCUT2D eigenvalue weighted by atomic mass is 35.5.